The summed E-state index contributed by atoms with van der Waals surface area (Å²) < 4.78 is 0. The quantitative estimate of drug-likeness (QED) is 0.881. The maximum absolute atomic E-state index is 8.59. The van der Waals surface area contributed by atoms with Crippen molar-refractivity contribution in [3.8, 4) is 6.07 Å². The third-order valence-corrected chi connectivity index (χ3v) is 2.59. The Bertz CT molecular complexity index is 371. The van der Waals surface area contributed by atoms with Crippen LogP contribution >= 0.6 is 23.2 Å². The molecule has 0 amide bonds. The largest absolute Gasteiger partial charge is 0.311 e. The Morgan fingerprint density at radius 2 is 2.20 bits per heavy atom. The molecule has 0 aromatic heterocycles. The van der Waals surface area contributed by atoms with Gasteiger partial charge in [-0.25, -0.2) is 0 Å². The van der Waals surface area contributed by atoms with E-state index in [-0.39, 0.29) is 5.92 Å². The number of nitrogens with one attached hydrogen (secondary N) is 1. The summed E-state index contributed by atoms with van der Waals surface area (Å²) in [5, 5.41) is 13.0. The molecule has 4 heteroatoms. The maximum Gasteiger partial charge on any atom is 0.0666 e. The molecule has 80 valence electrons. The second kappa shape index (κ2) is 5.97. The molecule has 0 aliphatic heterocycles. The molecule has 0 aliphatic rings. The molecule has 0 saturated carbocycles. The van der Waals surface area contributed by atoms with E-state index < -0.39 is 0 Å². The number of rotatable bonds is 4. The summed E-state index contributed by atoms with van der Waals surface area (Å²) >= 11 is 11.8. The molecule has 0 fully saturated rings. The molecule has 0 heterocycles. The molecule has 0 bridgehead atoms. The van der Waals surface area contributed by atoms with Gasteiger partial charge >= 0.3 is 0 Å². The molecular formula is C11H12Cl2N2. The second-order valence-electron chi connectivity index (χ2n) is 3.40. The van der Waals surface area contributed by atoms with E-state index in [4.69, 9.17) is 28.5 Å². The molecule has 1 atom stereocenters. The fourth-order valence-electron chi connectivity index (χ4n) is 1.13. The highest BCUT2D eigenvalue weighted by atomic mass is 35.5. The van der Waals surface area contributed by atoms with E-state index in [1.54, 1.807) is 12.1 Å². The summed E-state index contributed by atoms with van der Waals surface area (Å²) in [7, 11) is 0. The van der Waals surface area contributed by atoms with Crippen LogP contribution in [0.2, 0.25) is 10.0 Å². The van der Waals surface area contributed by atoms with Crippen molar-refractivity contribution in [3.05, 3.63) is 33.8 Å². The highest BCUT2D eigenvalue weighted by Gasteiger charge is 2.02. The van der Waals surface area contributed by atoms with Gasteiger partial charge in [-0.3, -0.25) is 0 Å². The molecule has 1 aromatic carbocycles. The van der Waals surface area contributed by atoms with Gasteiger partial charge in [0, 0.05) is 23.1 Å². The summed E-state index contributed by atoms with van der Waals surface area (Å²) in [5.74, 6) is 0.0103. The van der Waals surface area contributed by atoms with Crippen molar-refractivity contribution in [2.45, 2.75) is 13.5 Å². The van der Waals surface area contributed by atoms with Crippen LogP contribution in [-0.4, -0.2) is 6.54 Å². The van der Waals surface area contributed by atoms with Gasteiger partial charge in [0.05, 0.1) is 12.0 Å². The van der Waals surface area contributed by atoms with Crippen LogP contribution < -0.4 is 5.32 Å². The molecule has 0 aliphatic carbocycles. The molecule has 1 unspecified atom stereocenters. The fraction of sp³-hybridized carbons (Fsp3) is 0.364. The number of hydrogen-bond donors (Lipinski definition) is 1. The molecule has 0 radical (unpaired) electrons. The van der Waals surface area contributed by atoms with Gasteiger partial charge in [0.2, 0.25) is 0 Å². The number of benzene rings is 1. The molecule has 0 saturated heterocycles. The van der Waals surface area contributed by atoms with Crippen LogP contribution in [-0.2, 0) is 6.54 Å². The van der Waals surface area contributed by atoms with Crippen molar-refractivity contribution in [2.24, 2.45) is 5.92 Å². The van der Waals surface area contributed by atoms with Crippen LogP contribution in [0.15, 0.2) is 18.2 Å². The monoisotopic (exact) mass is 242 g/mol. The average molecular weight is 243 g/mol. The first-order valence-corrected chi connectivity index (χ1v) is 5.43. The minimum Gasteiger partial charge on any atom is -0.311 e. The van der Waals surface area contributed by atoms with E-state index in [0.717, 1.165) is 5.56 Å². The Morgan fingerprint density at radius 3 is 2.80 bits per heavy atom. The molecule has 1 rings (SSSR count). The predicted octanol–water partition coefficient (Wildman–Crippen LogP) is 3.24. The summed E-state index contributed by atoms with van der Waals surface area (Å²) in [6, 6.07) is 7.56. The van der Waals surface area contributed by atoms with Gasteiger partial charge in [0.1, 0.15) is 0 Å². The Labute approximate surface area is 99.8 Å². The van der Waals surface area contributed by atoms with Gasteiger partial charge in [0.25, 0.3) is 0 Å². The standard InChI is InChI=1S/C11H12Cl2N2/c1-8(5-14)6-15-7-9-2-3-10(12)4-11(9)13/h2-4,8,15H,6-7H2,1H3. The van der Waals surface area contributed by atoms with Crippen LogP contribution in [0, 0.1) is 17.2 Å². The lowest BCUT2D eigenvalue weighted by molar-refractivity contribution is 0.602. The van der Waals surface area contributed by atoms with Crippen molar-refractivity contribution in [1.29, 1.82) is 5.26 Å². The van der Waals surface area contributed by atoms with E-state index >= 15 is 0 Å². The highest BCUT2D eigenvalue weighted by Crippen LogP contribution is 2.20. The zero-order valence-electron chi connectivity index (χ0n) is 8.43. The first-order valence-electron chi connectivity index (χ1n) is 4.67. The minimum absolute atomic E-state index is 0.0103. The Morgan fingerprint density at radius 1 is 1.47 bits per heavy atom. The minimum atomic E-state index is 0.0103. The summed E-state index contributed by atoms with van der Waals surface area (Å²) in [6.07, 6.45) is 0. The van der Waals surface area contributed by atoms with Gasteiger partial charge in [-0.15, -0.1) is 0 Å². The van der Waals surface area contributed by atoms with E-state index in [2.05, 4.69) is 11.4 Å². The summed E-state index contributed by atoms with van der Waals surface area (Å²) in [6.45, 7) is 3.19. The smallest absolute Gasteiger partial charge is 0.0666 e. The molecule has 0 spiro atoms. The first kappa shape index (κ1) is 12.3. The summed E-state index contributed by atoms with van der Waals surface area (Å²) in [4.78, 5) is 0. The molecule has 1 N–H and O–H groups in total. The zero-order chi connectivity index (χ0) is 11.3. The molecular weight excluding hydrogens is 231 g/mol. The number of nitrogens with zero attached hydrogens (tertiary/aromatic N) is 1. The van der Waals surface area contributed by atoms with E-state index in [9.17, 15) is 0 Å². The van der Waals surface area contributed by atoms with E-state index in [1.165, 1.54) is 0 Å². The van der Waals surface area contributed by atoms with Crippen LogP contribution in [0.25, 0.3) is 0 Å². The van der Waals surface area contributed by atoms with Gasteiger partial charge in [-0.1, -0.05) is 29.3 Å². The number of hydrogen-bond acceptors (Lipinski definition) is 2. The highest BCUT2D eigenvalue weighted by molar-refractivity contribution is 6.35. The van der Waals surface area contributed by atoms with Crippen molar-refractivity contribution in [2.75, 3.05) is 6.54 Å². The van der Waals surface area contributed by atoms with Crippen LogP contribution in [0.3, 0.4) is 0 Å². The topological polar surface area (TPSA) is 35.8 Å². The van der Waals surface area contributed by atoms with Gasteiger partial charge in [-0.2, -0.15) is 5.26 Å². The SMILES string of the molecule is CC(C#N)CNCc1ccc(Cl)cc1Cl. The molecule has 15 heavy (non-hydrogen) atoms. The van der Waals surface area contributed by atoms with E-state index in [1.807, 2.05) is 13.0 Å². The predicted molar refractivity (Wildman–Crippen MR) is 62.9 cm³/mol. The average Bonchev–Trinajstić information content (AvgIpc) is 2.21. The van der Waals surface area contributed by atoms with Crippen LogP contribution in [0.5, 0.6) is 0 Å². The Hall–Kier alpha value is -0.750. The lowest BCUT2D eigenvalue weighted by Crippen LogP contribution is -2.19. The van der Waals surface area contributed by atoms with Crippen LogP contribution in [0.1, 0.15) is 12.5 Å². The van der Waals surface area contributed by atoms with Crippen molar-refractivity contribution < 1.29 is 0 Å². The van der Waals surface area contributed by atoms with Gasteiger partial charge in [-0.05, 0) is 24.6 Å². The van der Waals surface area contributed by atoms with Crippen LogP contribution in [0.4, 0.5) is 0 Å². The van der Waals surface area contributed by atoms with Gasteiger partial charge in [0.15, 0.2) is 0 Å². The first-order chi connectivity index (χ1) is 7.13. The molecule has 1 aromatic rings. The lowest BCUT2D eigenvalue weighted by atomic mass is 10.2. The normalized spacial score (nSPS) is 12.1. The van der Waals surface area contributed by atoms with Crippen molar-refractivity contribution in [3.63, 3.8) is 0 Å². The Balaban J connectivity index is 2.48. The van der Waals surface area contributed by atoms with Crippen molar-refractivity contribution >= 4 is 23.2 Å². The van der Waals surface area contributed by atoms with Gasteiger partial charge < -0.3 is 5.32 Å². The second-order valence-corrected chi connectivity index (χ2v) is 4.24. The van der Waals surface area contributed by atoms with Crippen molar-refractivity contribution in [1.82, 2.24) is 5.32 Å². The lowest BCUT2D eigenvalue weighted by Gasteiger charge is -2.07. The van der Waals surface area contributed by atoms with E-state index in [0.29, 0.717) is 23.1 Å². The maximum atomic E-state index is 8.59. The fourth-order valence-corrected chi connectivity index (χ4v) is 1.61. The molecule has 2 nitrogen and oxygen atoms in total. The third-order valence-electron chi connectivity index (χ3n) is 2.00. The zero-order valence-corrected chi connectivity index (χ0v) is 9.94. The number of nitriles is 1. The third kappa shape index (κ3) is 4.09. The number of halogens is 2. The Kier molecular flexibility index (Phi) is 4.90. The summed E-state index contributed by atoms with van der Waals surface area (Å²) in [5.41, 5.74) is 0.992.